The van der Waals surface area contributed by atoms with Gasteiger partial charge in [-0.05, 0) is 43.7 Å². The molecule has 0 spiro atoms. The molecule has 0 atom stereocenters. The minimum Gasteiger partial charge on any atom is -0.373 e. The van der Waals surface area contributed by atoms with Gasteiger partial charge in [0.25, 0.3) is 0 Å². The summed E-state index contributed by atoms with van der Waals surface area (Å²) in [6, 6.07) is 2.32. The smallest absolute Gasteiger partial charge is 0.373 e. The third-order valence-corrected chi connectivity index (χ3v) is 3.78. The van der Waals surface area contributed by atoms with Crippen LogP contribution in [0.5, 0.6) is 0 Å². The molecule has 20 heavy (non-hydrogen) atoms. The molecular formula is C14H20F3N3. The molecule has 1 aliphatic rings. The topological polar surface area (TPSA) is 37.0 Å². The molecule has 0 aromatic carbocycles. The van der Waals surface area contributed by atoms with Crippen molar-refractivity contribution in [1.82, 2.24) is 4.98 Å². The maximum atomic E-state index is 12.8. The van der Waals surface area contributed by atoms with Gasteiger partial charge in [-0.1, -0.05) is 6.92 Å². The van der Waals surface area contributed by atoms with Crippen LogP contribution in [0, 0.1) is 5.92 Å². The molecule has 1 heterocycles. The quantitative estimate of drug-likeness (QED) is 0.877. The van der Waals surface area contributed by atoms with Crippen molar-refractivity contribution >= 4 is 11.6 Å². The lowest BCUT2D eigenvalue weighted by atomic mass is 9.87. The number of aromatic nitrogens is 1. The normalized spacial score (nSPS) is 23.4. The van der Waals surface area contributed by atoms with Crippen LogP contribution in [0.25, 0.3) is 0 Å². The SMILES string of the molecule is CNc1cc(C(F)(F)F)cc(NC2CCC(C)CC2)n1. The number of hydrogen-bond acceptors (Lipinski definition) is 3. The van der Waals surface area contributed by atoms with E-state index in [9.17, 15) is 13.2 Å². The van der Waals surface area contributed by atoms with Gasteiger partial charge in [-0.2, -0.15) is 13.2 Å². The fourth-order valence-electron chi connectivity index (χ4n) is 2.51. The van der Waals surface area contributed by atoms with Gasteiger partial charge in [-0.25, -0.2) is 4.98 Å². The zero-order valence-corrected chi connectivity index (χ0v) is 11.7. The summed E-state index contributed by atoms with van der Waals surface area (Å²) in [5.41, 5.74) is -0.677. The molecule has 2 N–H and O–H groups in total. The lowest BCUT2D eigenvalue weighted by Gasteiger charge is -2.27. The molecule has 0 bridgehead atoms. The van der Waals surface area contributed by atoms with Gasteiger partial charge in [0.15, 0.2) is 0 Å². The monoisotopic (exact) mass is 287 g/mol. The van der Waals surface area contributed by atoms with Gasteiger partial charge in [0.05, 0.1) is 5.56 Å². The molecule has 1 aromatic heterocycles. The number of nitrogens with zero attached hydrogens (tertiary/aromatic N) is 1. The van der Waals surface area contributed by atoms with Crippen LogP contribution in [0.1, 0.15) is 38.2 Å². The first kappa shape index (κ1) is 14.9. The lowest BCUT2D eigenvalue weighted by Crippen LogP contribution is -2.26. The predicted octanol–water partition coefficient (Wildman–Crippen LogP) is 4.13. The first-order valence-corrected chi connectivity index (χ1v) is 6.92. The van der Waals surface area contributed by atoms with E-state index in [0.717, 1.165) is 37.8 Å². The van der Waals surface area contributed by atoms with Gasteiger partial charge in [-0.15, -0.1) is 0 Å². The molecule has 0 radical (unpaired) electrons. The van der Waals surface area contributed by atoms with Crippen LogP contribution in [0.3, 0.4) is 0 Å². The summed E-state index contributed by atoms with van der Waals surface area (Å²) in [4.78, 5) is 4.16. The lowest BCUT2D eigenvalue weighted by molar-refractivity contribution is -0.137. The summed E-state index contributed by atoms with van der Waals surface area (Å²) in [6.45, 7) is 2.21. The van der Waals surface area contributed by atoms with Crippen molar-refractivity contribution in [3.63, 3.8) is 0 Å². The Hall–Kier alpha value is -1.46. The zero-order chi connectivity index (χ0) is 14.8. The fraction of sp³-hybridized carbons (Fsp3) is 0.643. The average Bonchev–Trinajstić information content (AvgIpc) is 2.40. The Morgan fingerprint density at radius 2 is 1.70 bits per heavy atom. The molecule has 1 fully saturated rings. The standard InChI is InChI=1S/C14H20F3N3/c1-9-3-5-11(6-4-9)19-13-8-10(14(15,16)17)7-12(18-2)20-13/h7-9,11H,3-6H2,1-2H3,(H2,18,19,20). The number of pyridine rings is 1. The van der Waals surface area contributed by atoms with Crippen LogP contribution in [0.2, 0.25) is 0 Å². The van der Waals surface area contributed by atoms with Crippen LogP contribution >= 0.6 is 0 Å². The average molecular weight is 287 g/mol. The first-order valence-electron chi connectivity index (χ1n) is 6.92. The highest BCUT2D eigenvalue weighted by Gasteiger charge is 2.32. The van der Waals surface area contributed by atoms with Crippen LogP contribution in [0.4, 0.5) is 24.8 Å². The van der Waals surface area contributed by atoms with Gasteiger partial charge in [0.1, 0.15) is 11.6 Å². The Balaban J connectivity index is 2.14. The number of anilines is 2. The zero-order valence-electron chi connectivity index (χ0n) is 11.7. The first-order chi connectivity index (χ1) is 9.38. The minimum absolute atomic E-state index is 0.215. The number of nitrogens with one attached hydrogen (secondary N) is 2. The van der Waals surface area contributed by atoms with E-state index in [0.29, 0.717) is 11.7 Å². The van der Waals surface area contributed by atoms with Crippen molar-refractivity contribution in [2.45, 2.75) is 44.8 Å². The largest absolute Gasteiger partial charge is 0.416 e. The fourth-order valence-corrected chi connectivity index (χ4v) is 2.51. The number of halogens is 3. The predicted molar refractivity (Wildman–Crippen MR) is 73.8 cm³/mol. The van der Waals surface area contributed by atoms with Crippen LogP contribution < -0.4 is 10.6 Å². The van der Waals surface area contributed by atoms with E-state index in [1.807, 2.05) is 0 Å². The third kappa shape index (κ3) is 3.77. The van der Waals surface area contributed by atoms with Crippen molar-refractivity contribution < 1.29 is 13.2 Å². The van der Waals surface area contributed by atoms with Gasteiger partial charge < -0.3 is 10.6 Å². The number of rotatable bonds is 3. The van der Waals surface area contributed by atoms with Crippen molar-refractivity contribution in [3.05, 3.63) is 17.7 Å². The summed E-state index contributed by atoms with van der Waals surface area (Å²) in [7, 11) is 1.56. The van der Waals surface area contributed by atoms with Crippen molar-refractivity contribution in [2.75, 3.05) is 17.7 Å². The van der Waals surface area contributed by atoms with E-state index in [1.165, 1.54) is 0 Å². The minimum atomic E-state index is -4.36. The molecule has 0 unspecified atom stereocenters. The van der Waals surface area contributed by atoms with E-state index < -0.39 is 11.7 Å². The Kier molecular flexibility index (Phi) is 4.40. The van der Waals surface area contributed by atoms with Gasteiger partial charge in [0.2, 0.25) is 0 Å². The summed E-state index contributed by atoms with van der Waals surface area (Å²) in [5, 5.41) is 5.81. The Labute approximate surface area is 117 Å². The van der Waals surface area contributed by atoms with Crippen molar-refractivity contribution in [3.8, 4) is 0 Å². The molecule has 1 aliphatic carbocycles. The second-order valence-corrected chi connectivity index (χ2v) is 5.48. The molecule has 1 saturated carbocycles. The molecule has 0 amide bonds. The molecule has 112 valence electrons. The highest BCUT2D eigenvalue weighted by molar-refractivity contribution is 5.50. The Bertz CT molecular complexity index is 451. The van der Waals surface area contributed by atoms with E-state index in [1.54, 1.807) is 7.05 Å². The summed E-state index contributed by atoms with van der Waals surface area (Å²) in [5.74, 6) is 1.23. The molecule has 0 saturated heterocycles. The van der Waals surface area contributed by atoms with E-state index in [2.05, 4.69) is 22.5 Å². The van der Waals surface area contributed by atoms with E-state index in [-0.39, 0.29) is 11.9 Å². The summed E-state index contributed by atoms with van der Waals surface area (Å²) >= 11 is 0. The molecule has 2 rings (SSSR count). The van der Waals surface area contributed by atoms with Gasteiger partial charge in [-0.3, -0.25) is 0 Å². The maximum absolute atomic E-state index is 12.8. The van der Waals surface area contributed by atoms with Crippen molar-refractivity contribution in [1.29, 1.82) is 0 Å². The summed E-state index contributed by atoms with van der Waals surface area (Å²) < 4.78 is 38.5. The molecular weight excluding hydrogens is 267 g/mol. The number of alkyl halides is 3. The van der Waals surface area contributed by atoms with Crippen molar-refractivity contribution in [2.24, 2.45) is 5.92 Å². The second-order valence-electron chi connectivity index (χ2n) is 5.48. The van der Waals surface area contributed by atoms with Gasteiger partial charge >= 0.3 is 6.18 Å². The molecule has 0 aliphatic heterocycles. The second kappa shape index (κ2) is 5.89. The summed E-state index contributed by atoms with van der Waals surface area (Å²) in [6.07, 6.45) is -0.182. The van der Waals surface area contributed by atoms with Crippen LogP contribution in [-0.2, 0) is 6.18 Å². The van der Waals surface area contributed by atoms with Crippen LogP contribution in [-0.4, -0.2) is 18.1 Å². The highest BCUT2D eigenvalue weighted by Crippen LogP contribution is 2.33. The molecule has 6 heteroatoms. The van der Waals surface area contributed by atoms with E-state index in [4.69, 9.17) is 0 Å². The number of hydrogen-bond donors (Lipinski definition) is 2. The maximum Gasteiger partial charge on any atom is 0.416 e. The van der Waals surface area contributed by atoms with E-state index >= 15 is 0 Å². The molecule has 3 nitrogen and oxygen atoms in total. The highest BCUT2D eigenvalue weighted by atomic mass is 19.4. The van der Waals surface area contributed by atoms with Crippen LogP contribution in [0.15, 0.2) is 12.1 Å². The Morgan fingerprint density at radius 3 is 2.25 bits per heavy atom. The van der Waals surface area contributed by atoms with Gasteiger partial charge in [0, 0.05) is 13.1 Å². The third-order valence-electron chi connectivity index (χ3n) is 3.78. The Morgan fingerprint density at radius 1 is 1.10 bits per heavy atom. The molecule has 1 aromatic rings.